The smallest absolute Gasteiger partial charge is 0.291 e. The molecule has 148 valence electrons. The minimum atomic E-state index is -1.14. The van der Waals surface area contributed by atoms with Gasteiger partial charge in [-0.15, -0.1) is 0 Å². The summed E-state index contributed by atoms with van der Waals surface area (Å²) in [4.78, 5) is 43.1. The summed E-state index contributed by atoms with van der Waals surface area (Å²) >= 11 is 5.90. The molecule has 1 aliphatic rings. The van der Waals surface area contributed by atoms with E-state index in [-0.39, 0.29) is 0 Å². The van der Waals surface area contributed by atoms with Crippen LogP contribution >= 0.6 is 11.6 Å². The maximum atomic E-state index is 13.1. The van der Waals surface area contributed by atoms with Crippen LogP contribution in [0.3, 0.4) is 0 Å². The number of hydrogen-bond donors (Lipinski definition) is 1. The van der Waals surface area contributed by atoms with E-state index in [1.807, 2.05) is 17.1 Å². The molecule has 29 heavy (non-hydrogen) atoms. The highest BCUT2D eigenvalue weighted by atomic mass is 35.5. The summed E-state index contributed by atoms with van der Waals surface area (Å²) in [6.45, 7) is 1.00. The predicted molar refractivity (Wildman–Crippen MR) is 103 cm³/mol. The molecule has 2 atom stereocenters. The third-order valence-corrected chi connectivity index (χ3v) is 5.32. The number of nitrogens with zero attached hydrogens (tertiary/aromatic N) is 2. The van der Waals surface area contributed by atoms with Gasteiger partial charge in [0.15, 0.2) is 5.78 Å². The minimum absolute atomic E-state index is 0.332. The quantitative estimate of drug-likeness (QED) is 0.279. The van der Waals surface area contributed by atoms with Crippen molar-refractivity contribution in [2.45, 2.75) is 19.0 Å². The highest BCUT2D eigenvalue weighted by Crippen LogP contribution is 2.38. The molecule has 1 aliphatic heterocycles. The van der Waals surface area contributed by atoms with E-state index in [9.17, 15) is 14.4 Å². The van der Waals surface area contributed by atoms with Gasteiger partial charge in [-0.25, -0.2) is 4.57 Å². The molecule has 0 aliphatic carbocycles. The minimum Gasteiger partial charge on any atom is -0.467 e. The van der Waals surface area contributed by atoms with E-state index in [1.165, 1.54) is 11.2 Å². The van der Waals surface area contributed by atoms with Crippen LogP contribution in [0.5, 0.6) is 0 Å². The van der Waals surface area contributed by atoms with Crippen LogP contribution in [-0.2, 0) is 16.1 Å². The molecule has 0 saturated carbocycles. The van der Waals surface area contributed by atoms with Crippen molar-refractivity contribution in [2.24, 2.45) is 5.92 Å². The third kappa shape index (κ3) is 3.73. The lowest BCUT2D eigenvalue weighted by Gasteiger charge is -2.24. The lowest BCUT2D eigenvalue weighted by atomic mass is 9.89. The van der Waals surface area contributed by atoms with E-state index in [1.54, 1.807) is 42.6 Å². The zero-order valence-electron chi connectivity index (χ0n) is 15.5. The van der Waals surface area contributed by atoms with Crippen molar-refractivity contribution < 1.29 is 23.4 Å². The number of nitrogens with one attached hydrogen (secondary N) is 1. The number of benzene rings is 1. The van der Waals surface area contributed by atoms with Crippen molar-refractivity contribution in [2.75, 3.05) is 6.54 Å². The molecule has 0 radical (unpaired) electrons. The second-order valence-electron chi connectivity index (χ2n) is 6.87. The zero-order chi connectivity index (χ0) is 20.4. The molecule has 8 heteroatoms. The van der Waals surface area contributed by atoms with E-state index < -0.39 is 29.4 Å². The van der Waals surface area contributed by atoms with Crippen LogP contribution < -0.4 is 4.57 Å². The number of halogens is 1. The Balaban J connectivity index is 1.61. The van der Waals surface area contributed by atoms with Gasteiger partial charge in [-0.3, -0.25) is 19.4 Å². The molecular formula is C21H19ClN3O4+. The maximum absolute atomic E-state index is 13.1. The Morgan fingerprint density at radius 3 is 2.66 bits per heavy atom. The molecule has 1 aromatic carbocycles. The van der Waals surface area contributed by atoms with Gasteiger partial charge < -0.3 is 9.32 Å². The Morgan fingerprint density at radius 2 is 2.00 bits per heavy atom. The standard InChI is InChI=1S/C21H18ClN3O4/c22-15-6-4-14(5-7-15)19(26)17-18(16-3-1-12-29-16)25(21(28)20(17)27)10-2-9-24-11-8-23-13-24/h1,3-8,11-13,17-18H,2,9-10H2/p+1. The third-order valence-electron chi connectivity index (χ3n) is 5.07. The lowest BCUT2D eigenvalue weighted by Crippen LogP contribution is -2.36. The second-order valence-corrected chi connectivity index (χ2v) is 7.31. The van der Waals surface area contributed by atoms with Crippen molar-refractivity contribution in [1.29, 1.82) is 0 Å². The van der Waals surface area contributed by atoms with Gasteiger partial charge in [0.1, 0.15) is 30.1 Å². The number of rotatable bonds is 7. The molecule has 7 nitrogen and oxygen atoms in total. The summed E-state index contributed by atoms with van der Waals surface area (Å²) < 4.78 is 7.45. The lowest BCUT2D eigenvalue weighted by molar-refractivity contribution is -0.695. The summed E-state index contributed by atoms with van der Waals surface area (Å²) in [7, 11) is 0. The second kappa shape index (κ2) is 8.05. The van der Waals surface area contributed by atoms with Crippen LogP contribution in [0, 0.1) is 5.92 Å². The highest BCUT2D eigenvalue weighted by molar-refractivity contribution is 6.44. The number of aryl methyl sites for hydroxylation is 1. The number of H-pyrrole nitrogens is 1. The Morgan fingerprint density at radius 1 is 1.21 bits per heavy atom. The van der Waals surface area contributed by atoms with Crippen molar-refractivity contribution in [1.82, 2.24) is 9.88 Å². The maximum Gasteiger partial charge on any atom is 0.291 e. The molecule has 1 fully saturated rings. The molecule has 1 saturated heterocycles. The molecular weight excluding hydrogens is 394 g/mol. The van der Waals surface area contributed by atoms with Gasteiger partial charge in [-0.2, -0.15) is 0 Å². The van der Waals surface area contributed by atoms with Gasteiger partial charge in [0.2, 0.25) is 12.1 Å². The number of aromatic nitrogens is 2. The molecule has 0 bridgehead atoms. The summed E-state index contributed by atoms with van der Waals surface area (Å²) in [5.41, 5.74) is 0.335. The molecule has 2 unspecified atom stereocenters. The molecule has 3 aromatic rings. The van der Waals surface area contributed by atoms with Gasteiger partial charge in [0, 0.05) is 23.6 Å². The van der Waals surface area contributed by atoms with Crippen LogP contribution in [-0.4, -0.2) is 33.9 Å². The topological polar surface area (TPSA) is 87.3 Å². The Kier molecular flexibility index (Phi) is 5.31. The normalized spacial score (nSPS) is 19.1. The first-order chi connectivity index (χ1) is 14.1. The van der Waals surface area contributed by atoms with E-state index in [4.69, 9.17) is 16.0 Å². The summed E-state index contributed by atoms with van der Waals surface area (Å²) in [5.74, 6) is -2.50. The summed E-state index contributed by atoms with van der Waals surface area (Å²) in [6, 6.07) is 8.91. The first kappa shape index (κ1) is 19.1. The fourth-order valence-electron chi connectivity index (χ4n) is 3.68. The number of carbonyl (C=O) groups excluding carboxylic acids is 3. The van der Waals surface area contributed by atoms with Crippen molar-refractivity contribution in [3.8, 4) is 0 Å². The van der Waals surface area contributed by atoms with E-state index in [0.29, 0.717) is 35.9 Å². The highest BCUT2D eigenvalue weighted by Gasteiger charge is 2.52. The number of hydrogen-bond acceptors (Lipinski definition) is 4. The van der Waals surface area contributed by atoms with Gasteiger partial charge in [-0.1, -0.05) is 11.6 Å². The Hall–Kier alpha value is -3.19. The van der Waals surface area contributed by atoms with Crippen molar-refractivity contribution in [3.63, 3.8) is 0 Å². The summed E-state index contributed by atoms with van der Waals surface area (Å²) in [6.07, 6.45) is 7.60. The first-order valence-electron chi connectivity index (χ1n) is 9.26. The number of Topliss-reactive ketones (excluding diaryl/α,β-unsaturated/α-hetero) is 2. The van der Waals surface area contributed by atoms with Crippen LogP contribution in [0.1, 0.15) is 28.6 Å². The van der Waals surface area contributed by atoms with Gasteiger partial charge in [-0.05, 0) is 36.4 Å². The van der Waals surface area contributed by atoms with Crippen LogP contribution in [0.25, 0.3) is 0 Å². The Bertz CT molecular complexity index is 1010. The van der Waals surface area contributed by atoms with Crippen LogP contribution in [0.15, 0.2) is 65.8 Å². The molecule has 4 rings (SSSR count). The number of ketones is 2. The molecule has 0 spiro atoms. The largest absolute Gasteiger partial charge is 0.467 e. The number of amides is 1. The molecule has 2 aromatic heterocycles. The van der Waals surface area contributed by atoms with E-state index in [2.05, 4.69) is 4.98 Å². The van der Waals surface area contributed by atoms with Crippen LogP contribution in [0.2, 0.25) is 5.02 Å². The van der Waals surface area contributed by atoms with E-state index >= 15 is 0 Å². The van der Waals surface area contributed by atoms with Gasteiger partial charge in [0.25, 0.3) is 5.91 Å². The predicted octanol–water partition coefficient (Wildman–Crippen LogP) is 2.59. The molecule has 1 N–H and O–H groups in total. The van der Waals surface area contributed by atoms with Gasteiger partial charge in [0.05, 0.1) is 12.8 Å². The van der Waals surface area contributed by atoms with Crippen molar-refractivity contribution in [3.05, 3.63) is 77.7 Å². The average Bonchev–Trinajstić information content (AvgIpc) is 3.46. The molecule has 3 heterocycles. The van der Waals surface area contributed by atoms with Gasteiger partial charge >= 0.3 is 0 Å². The first-order valence-corrected chi connectivity index (χ1v) is 9.64. The van der Waals surface area contributed by atoms with Crippen molar-refractivity contribution >= 4 is 29.1 Å². The average molecular weight is 413 g/mol. The zero-order valence-corrected chi connectivity index (χ0v) is 16.2. The number of aromatic amines is 1. The number of likely N-dealkylation sites (tertiary alicyclic amines) is 1. The molecule has 1 amide bonds. The fraction of sp³-hybridized carbons (Fsp3) is 0.238. The number of furan rings is 1. The van der Waals surface area contributed by atoms with E-state index in [0.717, 1.165) is 0 Å². The van der Waals surface area contributed by atoms with Crippen LogP contribution in [0.4, 0.5) is 0 Å². The number of imidazole rings is 1. The SMILES string of the molecule is O=C1C(=O)N(CCC[n+]2cc[nH]c2)C(c2ccco2)C1C(=O)c1ccc(Cl)cc1. The fourth-order valence-corrected chi connectivity index (χ4v) is 3.81. The summed E-state index contributed by atoms with van der Waals surface area (Å²) in [5, 5.41) is 0.488. The monoisotopic (exact) mass is 412 g/mol. The Labute approximate surface area is 171 Å². The number of carbonyl (C=O) groups is 3.